The molecule has 110 valence electrons. The van der Waals surface area contributed by atoms with Gasteiger partial charge in [-0.25, -0.2) is 0 Å². The third kappa shape index (κ3) is 3.40. The van der Waals surface area contributed by atoms with E-state index in [4.69, 9.17) is 0 Å². The van der Waals surface area contributed by atoms with Crippen molar-refractivity contribution in [2.45, 2.75) is 12.5 Å². The lowest BCUT2D eigenvalue weighted by atomic mass is 9.92. The summed E-state index contributed by atoms with van der Waals surface area (Å²) >= 11 is 3.32. The first-order valence-electron chi connectivity index (χ1n) is 6.35. The van der Waals surface area contributed by atoms with E-state index in [0.29, 0.717) is 10.2 Å². The molecule has 0 aromatic heterocycles. The Balaban J connectivity index is 2.33. The highest BCUT2D eigenvalue weighted by atomic mass is 79.9. The molecule has 0 aliphatic heterocycles. The van der Waals surface area contributed by atoms with E-state index in [1.807, 2.05) is 37.3 Å². The summed E-state index contributed by atoms with van der Waals surface area (Å²) in [5, 5.41) is 23.7. The average Bonchev–Trinajstić information content (AvgIpc) is 2.50. The van der Waals surface area contributed by atoms with Gasteiger partial charge in [0.05, 0.1) is 17.1 Å². The summed E-state index contributed by atoms with van der Waals surface area (Å²) in [4.78, 5) is 10.3. The van der Waals surface area contributed by atoms with E-state index >= 15 is 0 Å². The van der Waals surface area contributed by atoms with Gasteiger partial charge in [-0.05, 0) is 34.5 Å². The SMILES string of the molecule is CC(CO)(Nc1ccc([N+](=O)[O-])cc1Br)c1ccccc1. The third-order valence-electron chi connectivity index (χ3n) is 3.30. The number of anilines is 1. The Morgan fingerprint density at radius 3 is 2.48 bits per heavy atom. The number of non-ortho nitro benzene ring substituents is 1. The zero-order valence-corrected chi connectivity index (χ0v) is 13.0. The monoisotopic (exact) mass is 350 g/mol. The van der Waals surface area contributed by atoms with Crippen LogP contribution in [-0.2, 0) is 5.54 Å². The molecular weight excluding hydrogens is 336 g/mol. The minimum Gasteiger partial charge on any atom is -0.394 e. The second kappa shape index (κ2) is 6.24. The smallest absolute Gasteiger partial charge is 0.270 e. The molecule has 5 nitrogen and oxygen atoms in total. The Morgan fingerprint density at radius 2 is 1.95 bits per heavy atom. The van der Waals surface area contributed by atoms with E-state index in [-0.39, 0.29) is 12.3 Å². The molecule has 0 fully saturated rings. The van der Waals surface area contributed by atoms with E-state index in [2.05, 4.69) is 21.2 Å². The summed E-state index contributed by atoms with van der Waals surface area (Å²) in [6, 6.07) is 14.0. The lowest BCUT2D eigenvalue weighted by Crippen LogP contribution is -2.35. The van der Waals surface area contributed by atoms with Gasteiger partial charge in [0, 0.05) is 22.3 Å². The van der Waals surface area contributed by atoms with Gasteiger partial charge in [0.2, 0.25) is 0 Å². The van der Waals surface area contributed by atoms with Crippen molar-refractivity contribution in [3.05, 3.63) is 68.7 Å². The molecule has 1 unspecified atom stereocenters. The molecule has 0 heterocycles. The second-order valence-corrected chi connectivity index (χ2v) is 5.76. The minimum atomic E-state index is -0.681. The van der Waals surface area contributed by atoms with Crippen LogP contribution in [0, 0.1) is 10.1 Å². The molecule has 0 amide bonds. The molecule has 0 aliphatic carbocycles. The first-order chi connectivity index (χ1) is 9.96. The van der Waals surface area contributed by atoms with Crippen LogP contribution in [0.25, 0.3) is 0 Å². The predicted octanol–water partition coefficient (Wildman–Crippen LogP) is 3.68. The number of aliphatic hydroxyl groups is 1. The van der Waals surface area contributed by atoms with Crippen molar-refractivity contribution >= 4 is 27.3 Å². The van der Waals surface area contributed by atoms with Crippen molar-refractivity contribution in [2.75, 3.05) is 11.9 Å². The fraction of sp³-hybridized carbons (Fsp3) is 0.200. The highest BCUT2D eigenvalue weighted by Gasteiger charge is 2.26. The number of nitrogens with zero attached hydrogens (tertiary/aromatic N) is 1. The highest BCUT2D eigenvalue weighted by Crippen LogP contribution is 2.32. The van der Waals surface area contributed by atoms with Crippen molar-refractivity contribution in [1.29, 1.82) is 0 Å². The van der Waals surface area contributed by atoms with Gasteiger partial charge in [-0.15, -0.1) is 0 Å². The molecule has 0 spiro atoms. The number of benzene rings is 2. The standard InChI is InChI=1S/C15H15BrN2O3/c1-15(10-19,11-5-3-2-4-6-11)17-14-8-7-12(18(20)21)9-13(14)16/h2-9,17,19H,10H2,1H3. The summed E-state index contributed by atoms with van der Waals surface area (Å²) in [6.07, 6.45) is 0. The molecule has 2 aromatic carbocycles. The van der Waals surface area contributed by atoms with Gasteiger partial charge >= 0.3 is 0 Å². The molecule has 2 aromatic rings. The van der Waals surface area contributed by atoms with Crippen molar-refractivity contribution in [1.82, 2.24) is 0 Å². The lowest BCUT2D eigenvalue weighted by molar-refractivity contribution is -0.384. The molecule has 0 saturated heterocycles. The van der Waals surface area contributed by atoms with Gasteiger partial charge < -0.3 is 10.4 Å². The molecule has 0 radical (unpaired) electrons. The van der Waals surface area contributed by atoms with Crippen molar-refractivity contribution in [3.8, 4) is 0 Å². The van der Waals surface area contributed by atoms with E-state index in [1.54, 1.807) is 6.07 Å². The third-order valence-corrected chi connectivity index (χ3v) is 3.96. The zero-order valence-electron chi connectivity index (χ0n) is 11.4. The number of hydrogen-bond donors (Lipinski definition) is 2. The Hall–Kier alpha value is -1.92. The van der Waals surface area contributed by atoms with Gasteiger partial charge in [-0.1, -0.05) is 30.3 Å². The van der Waals surface area contributed by atoms with Gasteiger partial charge in [-0.2, -0.15) is 0 Å². The molecule has 2 N–H and O–H groups in total. The van der Waals surface area contributed by atoms with Crippen LogP contribution in [0.1, 0.15) is 12.5 Å². The summed E-state index contributed by atoms with van der Waals surface area (Å²) in [5.74, 6) is 0. The number of rotatable bonds is 5. The van der Waals surface area contributed by atoms with E-state index in [0.717, 1.165) is 5.56 Å². The zero-order chi connectivity index (χ0) is 15.5. The minimum absolute atomic E-state index is 0.0119. The van der Waals surface area contributed by atoms with Crippen LogP contribution >= 0.6 is 15.9 Å². The number of nitrogens with one attached hydrogen (secondary N) is 1. The van der Waals surface area contributed by atoms with Crippen LogP contribution < -0.4 is 5.32 Å². The van der Waals surface area contributed by atoms with Crippen molar-refractivity contribution in [2.24, 2.45) is 0 Å². The van der Waals surface area contributed by atoms with E-state index < -0.39 is 10.5 Å². The quantitative estimate of drug-likeness (QED) is 0.637. The Kier molecular flexibility index (Phi) is 4.59. The maximum absolute atomic E-state index is 10.8. The van der Waals surface area contributed by atoms with Gasteiger partial charge in [0.15, 0.2) is 0 Å². The molecule has 0 aliphatic rings. The predicted molar refractivity (Wildman–Crippen MR) is 85.3 cm³/mol. The summed E-state index contributed by atoms with van der Waals surface area (Å²) in [7, 11) is 0. The molecule has 6 heteroatoms. The van der Waals surface area contributed by atoms with Crippen molar-refractivity contribution in [3.63, 3.8) is 0 Å². The summed E-state index contributed by atoms with van der Waals surface area (Å²) in [5.41, 5.74) is 0.941. The van der Waals surface area contributed by atoms with Crippen LogP contribution in [0.4, 0.5) is 11.4 Å². The number of hydrogen-bond acceptors (Lipinski definition) is 4. The number of halogens is 1. The van der Waals surface area contributed by atoms with Gasteiger partial charge in [0.25, 0.3) is 5.69 Å². The maximum Gasteiger partial charge on any atom is 0.270 e. The van der Waals surface area contributed by atoms with Gasteiger partial charge in [-0.3, -0.25) is 10.1 Å². The number of nitro groups is 1. The topological polar surface area (TPSA) is 75.4 Å². The molecule has 1 atom stereocenters. The summed E-state index contributed by atoms with van der Waals surface area (Å²) < 4.78 is 0.576. The van der Waals surface area contributed by atoms with Gasteiger partial charge in [0.1, 0.15) is 0 Å². The largest absolute Gasteiger partial charge is 0.394 e. The van der Waals surface area contributed by atoms with E-state index in [1.165, 1.54) is 12.1 Å². The van der Waals surface area contributed by atoms with Crippen molar-refractivity contribution < 1.29 is 10.0 Å². The summed E-state index contributed by atoms with van der Waals surface area (Å²) in [6.45, 7) is 1.76. The Labute approximate surface area is 130 Å². The first kappa shape index (κ1) is 15.5. The Bertz CT molecular complexity index is 649. The molecule has 21 heavy (non-hydrogen) atoms. The van der Waals surface area contributed by atoms with Crippen LogP contribution in [0.5, 0.6) is 0 Å². The van der Waals surface area contributed by atoms with Crippen LogP contribution in [0.15, 0.2) is 53.0 Å². The average molecular weight is 351 g/mol. The van der Waals surface area contributed by atoms with Crippen LogP contribution in [0.3, 0.4) is 0 Å². The molecular formula is C15H15BrN2O3. The number of aliphatic hydroxyl groups excluding tert-OH is 1. The second-order valence-electron chi connectivity index (χ2n) is 4.90. The fourth-order valence-corrected chi connectivity index (χ4v) is 2.49. The molecule has 0 bridgehead atoms. The normalized spacial score (nSPS) is 13.5. The van der Waals surface area contributed by atoms with Crippen LogP contribution in [-0.4, -0.2) is 16.6 Å². The lowest BCUT2D eigenvalue weighted by Gasteiger charge is -2.31. The van der Waals surface area contributed by atoms with Crippen LogP contribution in [0.2, 0.25) is 0 Å². The maximum atomic E-state index is 10.8. The number of nitro benzene ring substituents is 1. The molecule has 2 rings (SSSR count). The fourth-order valence-electron chi connectivity index (χ4n) is 2.03. The first-order valence-corrected chi connectivity index (χ1v) is 7.14. The highest BCUT2D eigenvalue weighted by molar-refractivity contribution is 9.10. The molecule has 0 saturated carbocycles. The van der Waals surface area contributed by atoms with E-state index in [9.17, 15) is 15.2 Å². The Morgan fingerprint density at radius 1 is 1.29 bits per heavy atom.